The number of fused-ring (bicyclic) bond motifs is 1. The molecule has 1 aliphatic heterocycles. The summed E-state index contributed by atoms with van der Waals surface area (Å²) in [6.07, 6.45) is -1.58. The molecular formula is C24H22O5. The van der Waals surface area contributed by atoms with Crippen molar-refractivity contribution in [1.82, 2.24) is 0 Å². The third-order valence-corrected chi connectivity index (χ3v) is 4.77. The van der Waals surface area contributed by atoms with Gasteiger partial charge in [0, 0.05) is 11.6 Å². The summed E-state index contributed by atoms with van der Waals surface area (Å²) in [6, 6.07) is 23.0. The minimum atomic E-state index is -0.841. The number of hydrogen-bond acceptors (Lipinski definition) is 5. The Labute approximate surface area is 169 Å². The lowest BCUT2D eigenvalue weighted by Gasteiger charge is -2.16. The van der Waals surface area contributed by atoms with Crippen LogP contribution in [-0.4, -0.2) is 17.2 Å². The minimum Gasteiger partial charge on any atom is -0.489 e. The van der Waals surface area contributed by atoms with Crippen molar-refractivity contribution in [1.29, 1.82) is 0 Å². The van der Waals surface area contributed by atoms with E-state index in [4.69, 9.17) is 14.2 Å². The van der Waals surface area contributed by atoms with Crippen LogP contribution in [0.2, 0.25) is 0 Å². The maximum Gasteiger partial charge on any atom is 0.343 e. The van der Waals surface area contributed by atoms with Gasteiger partial charge in [0.2, 0.25) is 0 Å². The Morgan fingerprint density at radius 1 is 0.931 bits per heavy atom. The molecule has 0 fully saturated rings. The number of carbonyl (C=O) groups is 1. The number of aliphatic hydroxyl groups is 1. The van der Waals surface area contributed by atoms with Gasteiger partial charge in [0.25, 0.3) is 0 Å². The average Bonchev–Trinajstić information content (AvgIpc) is 3.09. The molecule has 4 rings (SSSR count). The van der Waals surface area contributed by atoms with E-state index in [0.717, 1.165) is 11.1 Å². The van der Waals surface area contributed by atoms with Crippen LogP contribution in [0.15, 0.2) is 72.8 Å². The van der Waals surface area contributed by atoms with Crippen LogP contribution in [0.1, 0.15) is 40.1 Å². The van der Waals surface area contributed by atoms with Crippen molar-refractivity contribution in [3.05, 3.63) is 95.1 Å². The second kappa shape index (κ2) is 8.37. The summed E-state index contributed by atoms with van der Waals surface area (Å²) >= 11 is 0. The van der Waals surface area contributed by atoms with E-state index in [-0.39, 0.29) is 0 Å². The van der Waals surface area contributed by atoms with Gasteiger partial charge in [-0.25, -0.2) is 4.79 Å². The number of hydrogen-bond donors (Lipinski definition) is 1. The van der Waals surface area contributed by atoms with Gasteiger partial charge in [-0.05, 0) is 24.1 Å². The first-order chi connectivity index (χ1) is 14.1. The van der Waals surface area contributed by atoms with Gasteiger partial charge in [0.15, 0.2) is 6.10 Å². The predicted octanol–water partition coefficient (Wildman–Crippen LogP) is 4.44. The lowest BCUT2D eigenvalue weighted by Crippen LogP contribution is -2.14. The van der Waals surface area contributed by atoms with Crippen molar-refractivity contribution in [3.8, 4) is 11.5 Å². The van der Waals surface area contributed by atoms with E-state index in [1.807, 2.05) is 60.7 Å². The van der Waals surface area contributed by atoms with Gasteiger partial charge in [-0.2, -0.15) is 0 Å². The van der Waals surface area contributed by atoms with Crippen molar-refractivity contribution in [2.45, 2.75) is 32.3 Å². The second-order valence-corrected chi connectivity index (χ2v) is 7.00. The van der Waals surface area contributed by atoms with Crippen LogP contribution in [-0.2, 0) is 18.0 Å². The van der Waals surface area contributed by atoms with Crippen LogP contribution >= 0.6 is 0 Å². The molecule has 29 heavy (non-hydrogen) atoms. The topological polar surface area (TPSA) is 65.0 Å². The second-order valence-electron chi connectivity index (χ2n) is 7.00. The zero-order valence-electron chi connectivity index (χ0n) is 16.1. The normalized spacial score (nSPS) is 16.1. The van der Waals surface area contributed by atoms with E-state index >= 15 is 0 Å². The molecule has 1 N–H and O–H groups in total. The summed E-state index contributed by atoms with van der Waals surface area (Å²) in [5, 5.41) is 10.1. The zero-order valence-corrected chi connectivity index (χ0v) is 16.1. The van der Waals surface area contributed by atoms with E-state index < -0.39 is 18.2 Å². The summed E-state index contributed by atoms with van der Waals surface area (Å²) < 4.78 is 17.3. The van der Waals surface area contributed by atoms with Gasteiger partial charge >= 0.3 is 5.97 Å². The molecule has 148 valence electrons. The van der Waals surface area contributed by atoms with Crippen LogP contribution in [0.3, 0.4) is 0 Å². The number of ether oxygens (including phenoxy) is 3. The lowest BCUT2D eigenvalue weighted by molar-refractivity contribution is -0.00285. The number of benzene rings is 3. The monoisotopic (exact) mass is 390 g/mol. The molecule has 0 bridgehead atoms. The van der Waals surface area contributed by atoms with Crippen molar-refractivity contribution in [2.24, 2.45) is 0 Å². The molecule has 0 spiro atoms. The summed E-state index contributed by atoms with van der Waals surface area (Å²) in [5.41, 5.74) is 2.94. The van der Waals surface area contributed by atoms with Gasteiger partial charge in [-0.3, -0.25) is 0 Å². The molecule has 0 saturated carbocycles. The molecule has 2 atom stereocenters. The van der Waals surface area contributed by atoms with Gasteiger partial charge in [-0.1, -0.05) is 60.7 Å². The zero-order chi connectivity index (χ0) is 20.2. The highest BCUT2D eigenvalue weighted by molar-refractivity contribution is 5.97. The number of esters is 1. The fraction of sp³-hybridized carbons (Fsp3) is 0.208. The highest BCUT2D eigenvalue weighted by Gasteiger charge is 2.37. The number of rotatable bonds is 7. The number of carbonyl (C=O) groups excluding carboxylic acids is 1. The molecule has 0 saturated heterocycles. The molecule has 5 heteroatoms. The Morgan fingerprint density at radius 3 is 2.10 bits per heavy atom. The molecule has 1 aliphatic rings. The van der Waals surface area contributed by atoms with Crippen molar-refractivity contribution in [3.63, 3.8) is 0 Å². The molecule has 3 aromatic carbocycles. The summed E-state index contributed by atoms with van der Waals surface area (Å²) in [6.45, 7) is 2.28. The van der Waals surface area contributed by atoms with E-state index in [1.165, 1.54) is 0 Å². The van der Waals surface area contributed by atoms with Crippen LogP contribution in [0.5, 0.6) is 11.5 Å². The van der Waals surface area contributed by atoms with Crippen LogP contribution in [0.25, 0.3) is 0 Å². The molecule has 0 radical (unpaired) electrons. The number of aliphatic hydroxyl groups excluding tert-OH is 1. The lowest BCUT2D eigenvalue weighted by atomic mass is 10.0. The minimum absolute atomic E-state index is 0.308. The first-order valence-electron chi connectivity index (χ1n) is 9.52. The smallest absolute Gasteiger partial charge is 0.343 e. The molecule has 0 amide bonds. The third-order valence-electron chi connectivity index (χ3n) is 4.77. The predicted molar refractivity (Wildman–Crippen MR) is 108 cm³/mol. The third kappa shape index (κ3) is 4.25. The fourth-order valence-corrected chi connectivity index (χ4v) is 3.32. The summed E-state index contributed by atoms with van der Waals surface area (Å²) in [5.74, 6) is 0.450. The van der Waals surface area contributed by atoms with E-state index in [9.17, 15) is 9.90 Å². The molecule has 0 unspecified atom stereocenters. The van der Waals surface area contributed by atoms with Gasteiger partial charge in [0.05, 0.1) is 6.10 Å². The Kier molecular flexibility index (Phi) is 5.49. The van der Waals surface area contributed by atoms with Gasteiger partial charge in [-0.15, -0.1) is 0 Å². The Balaban J connectivity index is 1.63. The summed E-state index contributed by atoms with van der Waals surface area (Å²) in [7, 11) is 0. The molecule has 0 aromatic heterocycles. The largest absolute Gasteiger partial charge is 0.489 e. The summed E-state index contributed by atoms with van der Waals surface area (Å²) in [4.78, 5) is 12.4. The van der Waals surface area contributed by atoms with Gasteiger partial charge < -0.3 is 19.3 Å². The highest BCUT2D eigenvalue weighted by atomic mass is 16.6. The Morgan fingerprint density at radius 2 is 1.52 bits per heavy atom. The number of cyclic esters (lactones) is 1. The molecule has 5 nitrogen and oxygen atoms in total. The van der Waals surface area contributed by atoms with E-state index in [1.54, 1.807) is 19.1 Å². The molecule has 0 aliphatic carbocycles. The maximum atomic E-state index is 12.4. The standard InChI is InChI=1S/C24H22O5/c1-16(25)23-20-12-19(27-14-17-8-4-2-5-9-17)13-21(22(20)24(26)29-23)28-15-18-10-6-3-7-11-18/h2-13,16,23,25H,14-15H2,1H3/t16-,23+/m0/s1. The van der Waals surface area contributed by atoms with Crippen LogP contribution in [0.4, 0.5) is 0 Å². The van der Waals surface area contributed by atoms with Crippen LogP contribution < -0.4 is 9.47 Å². The molecule has 3 aromatic rings. The Bertz CT molecular complexity index is 983. The highest BCUT2D eigenvalue weighted by Crippen LogP contribution is 2.41. The van der Waals surface area contributed by atoms with Gasteiger partial charge in [0.1, 0.15) is 30.3 Å². The van der Waals surface area contributed by atoms with E-state index in [0.29, 0.717) is 35.8 Å². The first kappa shape index (κ1) is 19.0. The quantitative estimate of drug-likeness (QED) is 0.605. The average molecular weight is 390 g/mol. The van der Waals surface area contributed by atoms with Crippen molar-refractivity contribution < 1.29 is 24.1 Å². The SMILES string of the molecule is C[C@H](O)[C@H]1OC(=O)c2c(OCc3ccccc3)cc(OCc3ccccc3)cc21. The fourth-order valence-electron chi connectivity index (χ4n) is 3.32. The first-order valence-corrected chi connectivity index (χ1v) is 9.52. The molecular weight excluding hydrogens is 368 g/mol. The molecule has 1 heterocycles. The van der Waals surface area contributed by atoms with Crippen molar-refractivity contribution >= 4 is 5.97 Å². The van der Waals surface area contributed by atoms with Crippen LogP contribution in [0, 0.1) is 0 Å². The van der Waals surface area contributed by atoms with E-state index in [2.05, 4.69) is 0 Å². The van der Waals surface area contributed by atoms with Crippen molar-refractivity contribution in [2.75, 3.05) is 0 Å². The maximum absolute atomic E-state index is 12.4. The Hall–Kier alpha value is -3.31.